The molecule has 0 aromatic heterocycles. The maximum atomic E-state index is 12.0. The van der Waals surface area contributed by atoms with Gasteiger partial charge in [-0.3, -0.25) is 4.79 Å². The summed E-state index contributed by atoms with van der Waals surface area (Å²) < 4.78 is 6.17. The van der Waals surface area contributed by atoms with Gasteiger partial charge >= 0.3 is 5.97 Å². The number of nitrogens with one attached hydrogen (secondary N) is 2. The summed E-state index contributed by atoms with van der Waals surface area (Å²) >= 11 is 3.43. The lowest BCUT2D eigenvalue weighted by Crippen LogP contribution is -2.21. The van der Waals surface area contributed by atoms with Crippen LogP contribution in [0.5, 0.6) is 0 Å². The molecule has 0 aliphatic heterocycles. The Kier molecular flexibility index (Phi) is 7.66. The van der Waals surface area contributed by atoms with Gasteiger partial charge in [-0.1, -0.05) is 29.3 Å². The largest absolute Gasteiger partial charge is 0.462 e. The van der Waals surface area contributed by atoms with Crippen LogP contribution in [0.15, 0.2) is 46.9 Å². The van der Waals surface area contributed by atoms with E-state index in [0.29, 0.717) is 12.2 Å². The highest BCUT2D eigenvalue weighted by molar-refractivity contribution is 9.10. The molecule has 0 spiro atoms. The first-order chi connectivity index (χ1) is 12.5. The van der Waals surface area contributed by atoms with Crippen molar-refractivity contribution in [2.24, 2.45) is 0 Å². The zero-order valence-electron chi connectivity index (χ0n) is 15.0. The molecule has 2 N–H and O–H groups in total. The molecule has 0 aliphatic rings. The standard InChI is InChI=1S/C20H23BrN2O3/c1-3-4-11-26-20(25)15-5-7-16(8-6-15)22-13-19(24)23-17-9-10-18(21)14(2)12-17/h5-10,12,22H,3-4,11,13H2,1-2H3,(H,23,24). The van der Waals surface area contributed by atoms with E-state index >= 15 is 0 Å². The predicted molar refractivity (Wildman–Crippen MR) is 108 cm³/mol. The van der Waals surface area contributed by atoms with Crippen LogP contribution < -0.4 is 10.6 Å². The molecular weight excluding hydrogens is 396 g/mol. The summed E-state index contributed by atoms with van der Waals surface area (Å²) in [6.07, 6.45) is 1.84. The molecule has 2 aromatic carbocycles. The fraction of sp³-hybridized carbons (Fsp3) is 0.300. The third-order valence-electron chi connectivity index (χ3n) is 3.75. The van der Waals surface area contributed by atoms with Gasteiger partial charge in [0.25, 0.3) is 0 Å². The highest BCUT2D eigenvalue weighted by Gasteiger charge is 2.07. The molecule has 0 bridgehead atoms. The lowest BCUT2D eigenvalue weighted by atomic mass is 10.2. The molecule has 0 saturated carbocycles. The normalized spacial score (nSPS) is 10.3. The van der Waals surface area contributed by atoms with Crippen molar-refractivity contribution in [3.05, 3.63) is 58.1 Å². The number of halogens is 1. The third-order valence-corrected chi connectivity index (χ3v) is 4.64. The molecule has 0 unspecified atom stereocenters. The van der Waals surface area contributed by atoms with Gasteiger partial charge in [0, 0.05) is 15.8 Å². The van der Waals surface area contributed by atoms with Crippen LogP contribution in [0.1, 0.15) is 35.7 Å². The van der Waals surface area contributed by atoms with Crippen molar-refractivity contribution in [1.82, 2.24) is 0 Å². The molecule has 6 heteroatoms. The van der Waals surface area contributed by atoms with Crippen LogP contribution >= 0.6 is 15.9 Å². The molecule has 5 nitrogen and oxygen atoms in total. The lowest BCUT2D eigenvalue weighted by molar-refractivity contribution is -0.114. The summed E-state index contributed by atoms with van der Waals surface area (Å²) in [5.74, 6) is -0.469. The average molecular weight is 419 g/mol. The van der Waals surface area contributed by atoms with E-state index in [1.807, 2.05) is 32.0 Å². The number of anilines is 2. The van der Waals surface area contributed by atoms with E-state index in [2.05, 4.69) is 26.6 Å². The topological polar surface area (TPSA) is 67.4 Å². The average Bonchev–Trinajstić information content (AvgIpc) is 2.63. The second-order valence-electron chi connectivity index (χ2n) is 5.93. The Bertz CT molecular complexity index is 760. The summed E-state index contributed by atoms with van der Waals surface area (Å²) in [5, 5.41) is 5.88. The fourth-order valence-electron chi connectivity index (χ4n) is 2.23. The van der Waals surface area contributed by atoms with Gasteiger partial charge in [0.15, 0.2) is 0 Å². The van der Waals surface area contributed by atoms with Crippen molar-refractivity contribution in [2.75, 3.05) is 23.8 Å². The monoisotopic (exact) mass is 418 g/mol. The van der Waals surface area contributed by atoms with E-state index in [4.69, 9.17) is 4.74 Å². The number of carbonyl (C=O) groups excluding carboxylic acids is 2. The molecule has 26 heavy (non-hydrogen) atoms. The first-order valence-electron chi connectivity index (χ1n) is 8.56. The molecule has 0 radical (unpaired) electrons. The number of rotatable bonds is 8. The zero-order chi connectivity index (χ0) is 18.9. The van der Waals surface area contributed by atoms with E-state index in [0.717, 1.165) is 34.3 Å². The van der Waals surface area contributed by atoms with Crippen LogP contribution in [0.4, 0.5) is 11.4 Å². The van der Waals surface area contributed by atoms with Gasteiger partial charge < -0.3 is 15.4 Å². The van der Waals surface area contributed by atoms with Gasteiger partial charge in [-0.15, -0.1) is 0 Å². The molecular formula is C20H23BrN2O3. The van der Waals surface area contributed by atoms with Crippen molar-refractivity contribution in [1.29, 1.82) is 0 Å². The van der Waals surface area contributed by atoms with Crippen molar-refractivity contribution in [3.8, 4) is 0 Å². The number of ether oxygens (including phenoxy) is 1. The Hall–Kier alpha value is -2.34. The van der Waals surface area contributed by atoms with Crippen LogP contribution in [-0.4, -0.2) is 25.0 Å². The number of hydrogen-bond donors (Lipinski definition) is 2. The number of benzene rings is 2. The minimum atomic E-state index is -0.326. The van der Waals surface area contributed by atoms with Gasteiger partial charge in [-0.2, -0.15) is 0 Å². The number of aryl methyl sites for hydroxylation is 1. The fourth-order valence-corrected chi connectivity index (χ4v) is 2.47. The van der Waals surface area contributed by atoms with Crippen molar-refractivity contribution < 1.29 is 14.3 Å². The lowest BCUT2D eigenvalue weighted by Gasteiger charge is -2.09. The van der Waals surface area contributed by atoms with E-state index in [1.54, 1.807) is 24.3 Å². The Labute approximate surface area is 162 Å². The Morgan fingerprint density at radius 3 is 2.42 bits per heavy atom. The van der Waals surface area contributed by atoms with Crippen LogP contribution in [0.3, 0.4) is 0 Å². The molecule has 2 aromatic rings. The number of carbonyl (C=O) groups is 2. The number of unbranched alkanes of at least 4 members (excludes halogenated alkanes) is 1. The maximum Gasteiger partial charge on any atom is 0.338 e. The first-order valence-corrected chi connectivity index (χ1v) is 9.36. The number of hydrogen-bond acceptors (Lipinski definition) is 4. The van der Waals surface area contributed by atoms with Gasteiger partial charge in [0.2, 0.25) is 5.91 Å². The molecule has 0 fully saturated rings. The van der Waals surface area contributed by atoms with Crippen molar-refractivity contribution in [2.45, 2.75) is 26.7 Å². The predicted octanol–water partition coefficient (Wildman–Crippen LogP) is 4.77. The summed E-state index contributed by atoms with van der Waals surface area (Å²) in [4.78, 5) is 23.9. The molecule has 1 amide bonds. The van der Waals surface area contributed by atoms with Gasteiger partial charge in [0.05, 0.1) is 18.7 Å². The maximum absolute atomic E-state index is 12.0. The van der Waals surface area contributed by atoms with Crippen LogP contribution in [0, 0.1) is 6.92 Å². The number of esters is 1. The Balaban J connectivity index is 1.82. The summed E-state index contributed by atoms with van der Waals surface area (Å²) in [7, 11) is 0. The van der Waals surface area contributed by atoms with E-state index < -0.39 is 0 Å². The van der Waals surface area contributed by atoms with Gasteiger partial charge in [-0.25, -0.2) is 4.79 Å². The molecule has 0 heterocycles. The van der Waals surface area contributed by atoms with E-state index in [1.165, 1.54) is 0 Å². The zero-order valence-corrected chi connectivity index (χ0v) is 16.6. The third kappa shape index (κ3) is 6.19. The van der Waals surface area contributed by atoms with Gasteiger partial charge in [0.1, 0.15) is 0 Å². The highest BCUT2D eigenvalue weighted by Crippen LogP contribution is 2.20. The molecule has 138 valence electrons. The smallest absolute Gasteiger partial charge is 0.338 e. The summed E-state index contributed by atoms with van der Waals surface area (Å²) in [6.45, 7) is 4.58. The Morgan fingerprint density at radius 1 is 1.08 bits per heavy atom. The van der Waals surface area contributed by atoms with E-state index in [9.17, 15) is 9.59 Å². The minimum Gasteiger partial charge on any atom is -0.462 e. The Morgan fingerprint density at radius 2 is 1.77 bits per heavy atom. The second kappa shape index (κ2) is 9.97. The van der Waals surface area contributed by atoms with E-state index in [-0.39, 0.29) is 18.4 Å². The molecule has 0 aliphatic carbocycles. The number of amides is 1. The molecule has 2 rings (SSSR count). The molecule has 0 saturated heterocycles. The van der Waals surface area contributed by atoms with Crippen molar-refractivity contribution >= 4 is 39.2 Å². The van der Waals surface area contributed by atoms with Crippen LogP contribution in [0.25, 0.3) is 0 Å². The SMILES string of the molecule is CCCCOC(=O)c1ccc(NCC(=O)Nc2ccc(Br)c(C)c2)cc1. The van der Waals surface area contributed by atoms with Crippen LogP contribution in [-0.2, 0) is 9.53 Å². The second-order valence-corrected chi connectivity index (χ2v) is 6.79. The summed E-state index contributed by atoms with van der Waals surface area (Å²) in [6, 6.07) is 12.5. The van der Waals surface area contributed by atoms with Gasteiger partial charge in [-0.05, 0) is 61.4 Å². The molecule has 0 atom stereocenters. The van der Waals surface area contributed by atoms with Crippen molar-refractivity contribution in [3.63, 3.8) is 0 Å². The summed E-state index contributed by atoms with van der Waals surface area (Å²) in [5.41, 5.74) is 3.07. The first kappa shape index (κ1) is 20.0. The highest BCUT2D eigenvalue weighted by atomic mass is 79.9. The van der Waals surface area contributed by atoms with Crippen LogP contribution in [0.2, 0.25) is 0 Å². The minimum absolute atomic E-state index is 0.134. The quantitative estimate of drug-likeness (QED) is 0.478.